The van der Waals surface area contributed by atoms with Crippen LogP contribution in [-0.4, -0.2) is 33.0 Å². The van der Waals surface area contributed by atoms with E-state index in [1.807, 2.05) is 0 Å². The third-order valence-corrected chi connectivity index (χ3v) is 1.63. The Balaban J connectivity index is 2.60. The molecule has 1 rings (SSSR count). The minimum atomic E-state index is -1.07. The highest BCUT2D eigenvalue weighted by Gasteiger charge is 2.19. The van der Waals surface area contributed by atoms with Gasteiger partial charge < -0.3 is 15.4 Å². The van der Waals surface area contributed by atoms with Crippen LogP contribution in [0, 0.1) is 0 Å². The van der Waals surface area contributed by atoms with Gasteiger partial charge in [-0.2, -0.15) is 0 Å². The van der Waals surface area contributed by atoms with Gasteiger partial charge in [0, 0.05) is 25.7 Å². The van der Waals surface area contributed by atoms with Crippen molar-refractivity contribution in [1.29, 1.82) is 0 Å². The topological polar surface area (TPSA) is 95.1 Å². The highest BCUT2D eigenvalue weighted by atomic mass is 16.4. The van der Waals surface area contributed by atoms with Gasteiger partial charge in [-0.15, -0.1) is 0 Å². The SMILES string of the molecule is CC(=O)NC(Cc1ncc[nH]1)C(=O)O. The third-order valence-electron chi connectivity index (χ3n) is 1.63. The molecular formula is C8H11N3O3. The average Bonchev–Trinajstić information content (AvgIpc) is 2.54. The fourth-order valence-corrected chi connectivity index (χ4v) is 1.05. The monoisotopic (exact) mass is 197 g/mol. The number of nitrogens with one attached hydrogen (secondary N) is 2. The van der Waals surface area contributed by atoms with E-state index in [2.05, 4.69) is 15.3 Å². The quantitative estimate of drug-likeness (QED) is 0.608. The number of imidazole rings is 1. The number of carboxylic acid groups (broad SMARTS) is 1. The van der Waals surface area contributed by atoms with Gasteiger partial charge in [0.1, 0.15) is 11.9 Å². The Kier molecular flexibility index (Phi) is 3.22. The first kappa shape index (κ1) is 10.2. The van der Waals surface area contributed by atoms with Crippen LogP contribution in [0.1, 0.15) is 12.7 Å². The molecule has 0 aliphatic rings. The molecule has 6 nitrogen and oxygen atoms in total. The van der Waals surface area contributed by atoms with E-state index in [0.717, 1.165) is 0 Å². The van der Waals surface area contributed by atoms with Gasteiger partial charge in [0.05, 0.1) is 0 Å². The van der Waals surface area contributed by atoms with E-state index in [1.165, 1.54) is 13.1 Å². The number of aromatic amines is 1. The van der Waals surface area contributed by atoms with Crippen molar-refractivity contribution in [2.75, 3.05) is 0 Å². The molecular weight excluding hydrogens is 186 g/mol. The first-order chi connectivity index (χ1) is 6.59. The molecule has 1 atom stereocenters. The molecule has 1 amide bonds. The number of H-pyrrole nitrogens is 1. The summed E-state index contributed by atoms with van der Waals surface area (Å²) in [6, 6.07) is -0.932. The van der Waals surface area contributed by atoms with E-state index < -0.39 is 12.0 Å². The van der Waals surface area contributed by atoms with Gasteiger partial charge in [0.25, 0.3) is 0 Å². The Labute approximate surface area is 80.4 Å². The summed E-state index contributed by atoms with van der Waals surface area (Å²) in [6.45, 7) is 1.28. The molecule has 1 heterocycles. The van der Waals surface area contributed by atoms with Gasteiger partial charge >= 0.3 is 5.97 Å². The molecule has 1 unspecified atom stereocenters. The predicted molar refractivity (Wildman–Crippen MR) is 47.5 cm³/mol. The number of amides is 1. The lowest BCUT2D eigenvalue weighted by atomic mass is 10.2. The predicted octanol–water partition coefficient (Wildman–Crippen LogP) is -0.459. The van der Waals surface area contributed by atoms with Crippen molar-refractivity contribution in [3.05, 3.63) is 18.2 Å². The summed E-state index contributed by atoms with van der Waals surface area (Å²) >= 11 is 0. The Morgan fingerprint density at radius 2 is 2.43 bits per heavy atom. The normalized spacial score (nSPS) is 12.1. The van der Waals surface area contributed by atoms with E-state index in [4.69, 9.17) is 5.11 Å². The molecule has 0 aromatic carbocycles. The minimum Gasteiger partial charge on any atom is -0.480 e. The van der Waals surface area contributed by atoms with Crippen LogP contribution in [0.25, 0.3) is 0 Å². The van der Waals surface area contributed by atoms with Gasteiger partial charge in [-0.3, -0.25) is 4.79 Å². The van der Waals surface area contributed by atoms with Crippen molar-refractivity contribution in [2.24, 2.45) is 0 Å². The smallest absolute Gasteiger partial charge is 0.326 e. The first-order valence-corrected chi connectivity index (χ1v) is 4.07. The second kappa shape index (κ2) is 4.40. The fraction of sp³-hybridized carbons (Fsp3) is 0.375. The maximum absolute atomic E-state index is 10.7. The van der Waals surface area contributed by atoms with E-state index in [-0.39, 0.29) is 12.3 Å². The summed E-state index contributed by atoms with van der Waals surface area (Å²) in [5, 5.41) is 11.1. The zero-order valence-electron chi connectivity index (χ0n) is 7.65. The van der Waals surface area contributed by atoms with Gasteiger partial charge in [0.15, 0.2) is 0 Å². The Morgan fingerprint density at radius 1 is 1.71 bits per heavy atom. The zero-order valence-corrected chi connectivity index (χ0v) is 7.65. The molecule has 0 bridgehead atoms. The van der Waals surface area contributed by atoms with Gasteiger partial charge in [-0.25, -0.2) is 9.78 Å². The minimum absolute atomic E-state index is 0.155. The summed E-state index contributed by atoms with van der Waals surface area (Å²) in [7, 11) is 0. The number of nitrogens with zero attached hydrogens (tertiary/aromatic N) is 1. The summed E-state index contributed by atoms with van der Waals surface area (Å²) < 4.78 is 0. The van der Waals surface area contributed by atoms with E-state index >= 15 is 0 Å². The number of carbonyl (C=O) groups is 2. The largest absolute Gasteiger partial charge is 0.480 e. The lowest BCUT2D eigenvalue weighted by molar-refractivity contribution is -0.141. The van der Waals surface area contributed by atoms with Crippen LogP contribution >= 0.6 is 0 Å². The van der Waals surface area contributed by atoms with E-state index in [0.29, 0.717) is 5.82 Å². The molecule has 0 spiro atoms. The molecule has 0 saturated carbocycles. The number of hydrogen-bond donors (Lipinski definition) is 3. The maximum Gasteiger partial charge on any atom is 0.326 e. The maximum atomic E-state index is 10.7. The molecule has 1 aromatic heterocycles. The lowest BCUT2D eigenvalue weighted by Crippen LogP contribution is -2.41. The van der Waals surface area contributed by atoms with Gasteiger partial charge in [-0.1, -0.05) is 0 Å². The first-order valence-electron chi connectivity index (χ1n) is 4.07. The molecule has 3 N–H and O–H groups in total. The molecule has 0 aliphatic heterocycles. The average molecular weight is 197 g/mol. The van der Waals surface area contributed by atoms with Crippen LogP contribution < -0.4 is 5.32 Å². The molecule has 6 heteroatoms. The number of aliphatic carboxylic acids is 1. The Bertz CT molecular complexity index is 321. The zero-order chi connectivity index (χ0) is 10.6. The number of aromatic nitrogens is 2. The highest BCUT2D eigenvalue weighted by Crippen LogP contribution is 1.96. The van der Waals surface area contributed by atoms with Crippen LogP contribution in [0.4, 0.5) is 0 Å². The summed E-state index contributed by atoms with van der Waals surface area (Å²) in [6.07, 6.45) is 3.28. The van der Waals surface area contributed by atoms with Crippen LogP contribution in [0.15, 0.2) is 12.4 Å². The molecule has 0 saturated heterocycles. The van der Waals surface area contributed by atoms with Crippen LogP contribution in [0.2, 0.25) is 0 Å². The standard InChI is InChI=1S/C8H11N3O3/c1-5(12)11-6(8(13)14)4-7-9-2-3-10-7/h2-3,6H,4H2,1H3,(H,9,10)(H,11,12)(H,13,14). The van der Waals surface area contributed by atoms with Crippen molar-refractivity contribution in [3.8, 4) is 0 Å². The van der Waals surface area contributed by atoms with Crippen LogP contribution in [0.5, 0.6) is 0 Å². The van der Waals surface area contributed by atoms with Crippen LogP contribution in [-0.2, 0) is 16.0 Å². The van der Waals surface area contributed by atoms with Crippen molar-refractivity contribution in [2.45, 2.75) is 19.4 Å². The molecule has 14 heavy (non-hydrogen) atoms. The lowest BCUT2D eigenvalue weighted by Gasteiger charge is -2.10. The number of carbonyl (C=O) groups excluding carboxylic acids is 1. The molecule has 0 radical (unpaired) electrons. The number of carboxylic acids is 1. The molecule has 76 valence electrons. The van der Waals surface area contributed by atoms with Gasteiger partial charge in [-0.05, 0) is 0 Å². The highest BCUT2D eigenvalue weighted by molar-refractivity contribution is 5.82. The summed E-state index contributed by atoms with van der Waals surface area (Å²) in [5.41, 5.74) is 0. The summed E-state index contributed by atoms with van der Waals surface area (Å²) in [5.74, 6) is -0.910. The fourth-order valence-electron chi connectivity index (χ4n) is 1.05. The molecule has 0 aliphatic carbocycles. The Hall–Kier alpha value is -1.85. The Morgan fingerprint density at radius 3 is 2.86 bits per heavy atom. The molecule has 1 aromatic rings. The molecule has 0 fully saturated rings. The second-order valence-electron chi connectivity index (χ2n) is 2.83. The number of hydrogen-bond acceptors (Lipinski definition) is 3. The van der Waals surface area contributed by atoms with Crippen molar-refractivity contribution in [3.63, 3.8) is 0 Å². The van der Waals surface area contributed by atoms with Crippen molar-refractivity contribution in [1.82, 2.24) is 15.3 Å². The second-order valence-corrected chi connectivity index (χ2v) is 2.83. The third kappa shape index (κ3) is 2.89. The van der Waals surface area contributed by atoms with Crippen molar-refractivity contribution < 1.29 is 14.7 Å². The van der Waals surface area contributed by atoms with Crippen molar-refractivity contribution >= 4 is 11.9 Å². The van der Waals surface area contributed by atoms with Crippen LogP contribution in [0.3, 0.4) is 0 Å². The van der Waals surface area contributed by atoms with E-state index in [1.54, 1.807) is 6.20 Å². The number of rotatable bonds is 4. The van der Waals surface area contributed by atoms with Gasteiger partial charge in [0.2, 0.25) is 5.91 Å². The van der Waals surface area contributed by atoms with E-state index in [9.17, 15) is 9.59 Å². The summed E-state index contributed by atoms with van der Waals surface area (Å²) in [4.78, 5) is 28.0.